The maximum Gasteiger partial charge on any atom is 0.338 e. The number of esters is 1. The van der Waals surface area contributed by atoms with Crippen molar-refractivity contribution in [2.45, 2.75) is 20.4 Å². The van der Waals surface area contributed by atoms with Gasteiger partial charge in [0.15, 0.2) is 0 Å². The standard InChI is InChI=1S/C17H18BrNO2/c1-11-8-14(9-12(2)16(11)18)19-10-13-6-4-5-7-15(13)17(20)21-3/h4-9,19H,10H2,1-3H3. The number of anilines is 1. The van der Waals surface area contributed by atoms with Gasteiger partial charge in [-0.05, 0) is 48.7 Å². The third-order valence-electron chi connectivity index (χ3n) is 3.34. The average Bonchev–Trinajstić information content (AvgIpc) is 2.50. The lowest BCUT2D eigenvalue weighted by Crippen LogP contribution is -2.09. The molecule has 1 N–H and O–H groups in total. The normalized spacial score (nSPS) is 10.3. The van der Waals surface area contributed by atoms with E-state index in [0.29, 0.717) is 12.1 Å². The van der Waals surface area contributed by atoms with E-state index in [1.165, 1.54) is 18.2 Å². The number of ether oxygens (including phenoxy) is 1. The summed E-state index contributed by atoms with van der Waals surface area (Å²) in [4.78, 5) is 11.7. The zero-order valence-corrected chi connectivity index (χ0v) is 14.0. The molecule has 0 heterocycles. The molecule has 0 aliphatic carbocycles. The highest BCUT2D eigenvalue weighted by Crippen LogP contribution is 2.25. The summed E-state index contributed by atoms with van der Waals surface area (Å²) in [5.41, 5.74) is 4.91. The molecule has 21 heavy (non-hydrogen) atoms. The molecule has 110 valence electrons. The molecule has 0 bridgehead atoms. The van der Waals surface area contributed by atoms with Crippen molar-refractivity contribution in [2.24, 2.45) is 0 Å². The van der Waals surface area contributed by atoms with Crippen LogP contribution >= 0.6 is 15.9 Å². The van der Waals surface area contributed by atoms with Gasteiger partial charge in [0.2, 0.25) is 0 Å². The number of benzene rings is 2. The van der Waals surface area contributed by atoms with Crippen LogP contribution in [0.3, 0.4) is 0 Å². The fourth-order valence-electron chi connectivity index (χ4n) is 2.23. The Kier molecular flexibility index (Phi) is 5.02. The molecule has 0 aromatic heterocycles. The van der Waals surface area contributed by atoms with Crippen molar-refractivity contribution < 1.29 is 9.53 Å². The molecule has 0 atom stereocenters. The van der Waals surface area contributed by atoms with E-state index in [-0.39, 0.29) is 5.97 Å². The SMILES string of the molecule is COC(=O)c1ccccc1CNc1cc(C)c(Br)c(C)c1. The van der Waals surface area contributed by atoms with Crippen molar-refractivity contribution in [1.29, 1.82) is 0 Å². The van der Waals surface area contributed by atoms with Gasteiger partial charge in [0, 0.05) is 16.7 Å². The second-order valence-electron chi connectivity index (χ2n) is 4.93. The Morgan fingerprint density at radius 3 is 2.43 bits per heavy atom. The highest BCUT2D eigenvalue weighted by atomic mass is 79.9. The highest BCUT2D eigenvalue weighted by Gasteiger charge is 2.10. The molecule has 2 aromatic rings. The highest BCUT2D eigenvalue weighted by molar-refractivity contribution is 9.10. The number of rotatable bonds is 4. The third kappa shape index (κ3) is 3.64. The molecule has 0 fully saturated rings. The van der Waals surface area contributed by atoms with Crippen molar-refractivity contribution in [3.8, 4) is 0 Å². The lowest BCUT2D eigenvalue weighted by atomic mass is 10.1. The number of methoxy groups -OCH3 is 1. The lowest BCUT2D eigenvalue weighted by molar-refractivity contribution is 0.0599. The second kappa shape index (κ2) is 6.76. The zero-order valence-electron chi connectivity index (χ0n) is 12.4. The van der Waals surface area contributed by atoms with E-state index < -0.39 is 0 Å². The number of hydrogen-bond acceptors (Lipinski definition) is 3. The van der Waals surface area contributed by atoms with Crippen molar-refractivity contribution in [3.05, 3.63) is 63.1 Å². The maximum absolute atomic E-state index is 11.7. The molecule has 3 nitrogen and oxygen atoms in total. The molecule has 0 spiro atoms. The van der Waals surface area contributed by atoms with E-state index >= 15 is 0 Å². The van der Waals surface area contributed by atoms with Gasteiger partial charge >= 0.3 is 5.97 Å². The van der Waals surface area contributed by atoms with Crippen molar-refractivity contribution in [1.82, 2.24) is 0 Å². The van der Waals surface area contributed by atoms with Gasteiger partial charge in [-0.3, -0.25) is 0 Å². The molecule has 0 unspecified atom stereocenters. The van der Waals surface area contributed by atoms with Crippen LogP contribution in [-0.4, -0.2) is 13.1 Å². The quantitative estimate of drug-likeness (QED) is 0.829. The summed E-state index contributed by atoms with van der Waals surface area (Å²) in [7, 11) is 1.40. The van der Waals surface area contributed by atoms with E-state index in [2.05, 4.69) is 47.2 Å². The van der Waals surface area contributed by atoms with E-state index in [9.17, 15) is 4.79 Å². The van der Waals surface area contributed by atoms with Crippen molar-refractivity contribution >= 4 is 27.6 Å². The minimum atomic E-state index is -0.310. The van der Waals surface area contributed by atoms with Crippen LogP contribution in [-0.2, 0) is 11.3 Å². The summed E-state index contributed by atoms with van der Waals surface area (Å²) in [5, 5.41) is 3.36. The van der Waals surface area contributed by atoms with Crippen LogP contribution in [0.4, 0.5) is 5.69 Å². The first-order valence-electron chi connectivity index (χ1n) is 6.69. The summed E-state index contributed by atoms with van der Waals surface area (Å²) in [6, 6.07) is 11.6. The molecule has 2 aromatic carbocycles. The molecule has 4 heteroatoms. The Bertz CT molecular complexity index is 645. The molecular formula is C17H18BrNO2. The zero-order chi connectivity index (χ0) is 15.4. The van der Waals surface area contributed by atoms with Crippen LogP contribution in [0.25, 0.3) is 0 Å². The molecule has 0 saturated carbocycles. The Hall–Kier alpha value is -1.81. The first kappa shape index (κ1) is 15.6. The molecule has 2 rings (SSSR count). The predicted molar refractivity (Wildman–Crippen MR) is 88.7 cm³/mol. The van der Waals surface area contributed by atoms with Crippen molar-refractivity contribution in [2.75, 3.05) is 12.4 Å². The third-order valence-corrected chi connectivity index (χ3v) is 4.59. The molecule has 0 amide bonds. The fraction of sp³-hybridized carbons (Fsp3) is 0.235. The fourth-order valence-corrected chi connectivity index (χ4v) is 2.46. The van der Waals surface area contributed by atoms with Gasteiger partial charge in [-0.25, -0.2) is 4.79 Å². The van der Waals surface area contributed by atoms with Gasteiger partial charge < -0.3 is 10.1 Å². The van der Waals surface area contributed by atoms with Gasteiger partial charge in [0.1, 0.15) is 0 Å². The van der Waals surface area contributed by atoms with Crippen LogP contribution < -0.4 is 5.32 Å². The number of halogens is 1. The lowest BCUT2D eigenvalue weighted by Gasteiger charge is -2.12. The van der Waals surface area contributed by atoms with E-state index in [0.717, 1.165) is 15.7 Å². The summed E-state index contributed by atoms with van der Waals surface area (Å²) >= 11 is 3.56. The summed E-state index contributed by atoms with van der Waals surface area (Å²) in [6.45, 7) is 4.70. The minimum Gasteiger partial charge on any atom is -0.465 e. The number of carbonyl (C=O) groups is 1. The Morgan fingerprint density at radius 1 is 1.19 bits per heavy atom. The largest absolute Gasteiger partial charge is 0.465 e. The number of carbonyl (C=O) groups excluding carboxylic acids is 1. The first-order valence-corrected chi connectivity index (χ1v) is 7.49. The van der Waals surface area contributed by atoms with Gasteiger partial charge in [-0.15, -0.1) is 0 Å². The van der Waals surface area contributed by atoms with Crippen molar-refractivity contribution in [3.63, 3.8) is 0 Å². The number of aryl methyl sites for hydroxylation is 2. The van der Waals surface area contributed by atoms with Crippen LogP contribution in [0.5, 0.6) is 0 Å². The number of nitrogens with one attached hydrogen (secondary N) is 1. The monoisotopic (exact) mass is 347 g/mol. The smallest absolute Gasteiger partial charge is 0.338 e. The Morgan fingerprint density at radius 2 is 1.81 bits per heavy atom. The maximum atomic E-state index is 11.7. The van der Waals surface area contributed by atoms with E-state index in [4.69, 9.17) is 4.74 Å². The summed E-state index contributed by atoms with van der Waals surface area (Å²) in [6.07, 6.45) is 0. The molecule has 0 aliphatic rings. The summed E-state index contributed by atoms with van der Waals surface area (Å²) < 4.78 is 5.94. The molecule has 0 aliphatic heterocycles. The minimum absolute atomic E-state index is 0.310. The van der Waals surface area contributed by atoms with Gasteiger partial charge in [0.05, 0.1) is 12.7 Å². The van der Waals surface area contributed by atoms with Crippen LogP contribution in [0.2, 0.25) is 0 Å². The van der Waals surface area contributed by atoms with E-state index in [1.807, 2.05) is 18.2 Å². The van der Waals surface area contributed by atoms with Crippen LogP contribution in [0.15, 0.2) is 40.9 Å². The van der Waals surface area contributed by atoms with Crippen LogP contribution in [0, 0.1) is 13.8 Å². The van der Waals surface area contributed by atoms with Gasteiger partial charge in [-0.2, -0.15) is 0 Å². The second-order valence-corrected chi connectivity index (χ2v) is 5.72. The molecular weight excluding hydrogens is 330 g/mol. The van der Waals surface area contributed by atoms with Gasteiger partial charge in [-0.1, -0.05) is 34.1 Å². The topological polar surface area (TPSA) is 38.3 Å². The Labute approximate surface area is 133 Å². The first-order chi connectivity index (χ1) is 10.0. The predicted octanol–water partition coefficient (Wildman–Crippen LogP) is 4.46. The molecule has 0 radical (unpaired) electrons. The van der Waals surface area contributed by atoms with Crippen LogP contribution in [0.1, 0.15) is 27.0 Å². The molecule has 0 saturated heterocycles. The number of hydrogen-bond donors (Lipinski definition) is 1. The summed E-state index contributed by atoms with van der Waals surface area (Å²) in [5.74, 6) is -0.310. The van der Waals surface area contributed by atoms with Gasteiger partial charge in [0.25, 0.3) is 0 Å². The van der Waals surface area contributed by atoms with E-state index in [1.54, 1.807) is 6.07 Å². The average molecular weight is 348 g/mol. The Balaban J connectivity index is 2.19.